The summed E-state index contributed by atoms with van der Waals surface area (Å²) in [7, 11) is 0. The zero-order valence-electron chi connectivity index (χ0n) is 11.5. The molecule has 98 valence electrons. The second kappa shape index (κ2) is 5.29. The van der Waals surface area contributed by atoms with Crippen LogP contribution in [-0.4, -0.2) is 23.3 Å². The molecule has 1 aromatic rings. The van der Waals surface area contributed by atoms with Crippen molar-refractivity contribution in [3.05, 3.63) is 29.1 Å². The standard InChI is InChI=1S/C14H19NO3/c1-6-18-13(17)14(4,5)12(16)11-7-9(2)15-10(3)8-11/h7-8H,6H2,1-5H3. The molecule has 0 saturated heterocycles. The van der Waals surface area contributed by atoms with Crippen LogP contribution >= 0.6 is 0 Å². The highest BCUT2D eigenvalue weighted by Gasteiger charge is 2.38. The minimum atomic E-state index is -1.17. The number of Topliss-reactive ketones (excluding diaryl/α,β-unsaturated/α-hetero) is 1. The fourth-order valence-electron chi connectivity index (χ4n) is 1.73. The van der Waals surface area contributed by atoms with E-state index in [0.717, 1.165) is 11.4 Å². The van der Waals surface area contributed by atoms with Crippen molar-refractivity contribution < 1.29 is 14.3 Å². The topological polar surface area (TPSA) is 56.3 Å². The van der Waals surface area contributed by atoms with Gasteiger partial charge < -0.3 is 4.74 Å². The summed E-state index contributed by atoms with van der Waals surface area (Å²) in [5.41, 5.74) is 0.852. The summed E-state index contributed by atoms with van der Waals surface area (Å²) in [4.78, 5) is 28.4. The number of ether oxygens (including phenoxy) is 1. The number of ketones is 1. The molecule has 0 fully saturated rings. The van der Waals surface area contributed by atoms with E-state index >= 15 is 0 Å². The lowest BCUT2D eigenvalue weighted by molar-refractivity contribution is -0.150. The van der Waals surface area contributed by atoms with Gasteiger partial charge in [0.1, 0.15) is 5.41 Å². The molecular formula is C14H19NO3. The van der Waals surface area contributed by atoms with Crippen molar-refractivity contribution in [1.29, 1.82) is 0 Å². The monoisotopic (exact) mass is 249 g/mol. The first-order valence-electron chi connectivity index (χ1n) is 5.96. The number of rotatable bonds is 4. The molecule has 0 spiro atoms. The van der Waals surface area contributed by atoms with Crippen LogP contribution in [0.15, 0.2) is 12.1 Å². The molecule has 1 rings (SSSR count). The third-order valence-electron chi connectivity index (χ3n) is 2.70. The van der Waals surface area contributed by atoms with E-state index in [1.165, 1.54) is 0 Å². The van der Waals surface area contributed by atoms with Crippen LogP contribution in [0.5, 0.6) is 0 Å². The van der Waals surface area contributed by atoms with E-state index in [1.807, 2.05) is 13.8 Å². The van der Waals surface area contributed by atoms with Gasteiger partial charge in [0.05, 0.1) is 6.61 Å². The summed E-state index contributed by atoms with van der Waals surface area (Å²) < 4.78 is 4.93. The minimum Gasteiger partial charge on any atom is -0.465 e. The van der Waals surface area contributed by atoms with Crippen molar-refractivity contribution in [3.8, 4) is 0 Å². The first kappa shape index (κ1) is 14.4. The number of hydrogen-bond acceptors (Lipinski definition) is 4. The lowest BCUT2D eigenvalue weighted by atomic mass is 9.84. The SMILES string of the molecule is CCOC(=O)C(C)(C)C(=O)c1cc(C)nc(C)c1. The van der Waals surface area contributed by atoms with E-state index in [1.54, 1.807) is 32.9 Å². The van der Waals surface area contributed by atoms with E-state index in [9.17, 15) is 9.59 Å². The number of carbonyl (C=O) groups is 2. The first-order valence-corrected chi connectivity index (χ1v) is 5.96. The molecule has 0 aliphatic carbocycles. The molecule has 1 heterocycles. The summed E-state index contributed by atoms with van der Waals surface area (Å²) in [5.74, 6) is -0.739. The normalized spacial score (nSPS) is 11.2. The van der Waals surface area contributed by atoms with Gasteiger partial charge in [0.25, 0.3) is 0 Å². The molecule has 0 radical (unpaired) electrons. The Morgan fingerprint density at radius 1 is 1.22 bits per heavy atom. The second-order valence-electron chi connectivity index (χ2n) is 4.81. The maximum atomic E-state index is 12.4. The van der Waals surface area contributed by atoms with Crippen LogP contribution in [0.1, 0.15) is 42.5 Å². The Bertz CT molecular complexity index is 458. The van der Waals surface area contributed by atoms with Crippen molar-refractivity contribution >= 4 is 11.8 Å². The van der Waals surface area contributed by atoms with Gasteiger partial charge in [-0.1, -0.05) is 0 Å². The number of pyridine rings is 1. The highest BCUT2D eigenvalue weighted by atomic mass is 16.5. The summed E-state index contributed by atoms with van der Waals surface area (Å²) >= 11 is 0. The molecule has 0 aromatic carbocycles. The predicted octanol–water partition coefficient (Wildman–Crippen LogP) is 2.47. The number of aryl methyl sites for hydroxylation is 2. The van der Waals surface area contributed by atoms with Gasteiger partial charge in [0.2, 0.25) is 0 Å². The fraction of sp³-hybridized carbons (Fsp3) is 0.500. The molecule has 0 aliphatic heterocycles. The summed E-state index contributed by atoms with van der Waals surface area (Å²) in [6, 6.07) is 3.38. The van der Waals surface area contributed by atoms with E-state index < -0.39 is 11.4 Å². The second-order valence-corrected chi connectivity index (χ2v) is 4.81. The van der Waals surface area contributed by atoms with E-state index in [4.69, 9.17) is 4.74 Å². The Labute approximate surface area is 107 Å². The largest absolute Gasteiger partial charge is 0.465 e. The van der Waals surface area contributed by atoms with Crippen LogP contribution in [0.4, 0.5) is 0 Å². The van der Waals surface area contributed by atoms with Gasteiger partial charge in [0.15, 0.2) is 5.78 Å². The average molecular weight is 249 g/mol. The fourth-order valence-corrected chi connectivity index (χ4v) is 1.73. The van der Waals surface area contributed by atoms with E-state index in [-0.39, 0.29) is 12.4 Å². The van der Waals surface area contributed by atoms with Gasteiger partial charge in [-0.25, -0.2) is 0 Å². The first-order chi connectivity index (χ1) is 8.28. The van der Waals surface area contributed by atoms with Crippen LogP contribution in [0.3, 0.4) is 0 Å². The van der Waals surface area contributed by atoms with Gasteiger partial charge in [-0.05, 0) is 46.8 Å². The van der Waals surface area contributed by atoms with Crippen molar-refractivity contribution in [2.75, 3.05) is 6.61 Å². The van der Waals surface area contributed by atoms with Gasteiger partial charge in [0, 0.05) is 17.0 Å². The Hall–Kier alpha value is -1.71. The van der Waals surface area contributed by atoms with Crippen molar-refractivity contribution in [3.63, 3.8) is 0 Å². The maximum absolute atomic E-state index is 12.4. The average Bonchev–Trinajstić information content (AvgIpc) is 2.26. The molecule has 4 heteroatoms. The van der Waals surface area contributed by atoms with E-state index in [0.29, 0.717) is 5.56 Å². The predicted molar refractivity (Wildman–Crippen MR) is 68.5 cm³/mol. The summed E-state index contributed by atoms with van der Waals surface area (Å²) in [6.07, 6.45) is 0. The third kappa shape index (κ3) is 2.94. The number of nitrogens with zero attached hydrogens (tertiary/aromatic N) is 1. The van der Waals surface area contributed by atoms with Crippen LogP contribution in [-0.2, 0) is 9.53 Å². The Kier molecular flexibility index (Phi) is 4.22. The van der Waals surface area contributed by atoms with Gasteiger partial charge in [-0.15, -0.1) is 0 Å². The molecule has 4 nitrogen and oxygen atoms in total. The lowest BCUT2D eigenvalue weighted by Gasteiger charge is -2.21. The number of esters is 1. The number of hydrogen-bond donors (Lipinski definition) is 0. The molecule has 0 saturated carbocycles. The summed E-state index contributed by atoms with van der Waals surface area (Å²) in [5, 5.41) is 0. The van der Waals surface area contributed by atoms with Crippen LogP contribution in [0, 0.1) is 19.3 Å². The summed E-state index contributed by atoms with van der Waals surface area (Å²) in [6.45, 7) is 8.79. The van der Waals surface area contributed by atoms with E-state index in [2.05, 4.69) is 4.98 Å². The Balaban J connectivity index is 3.09. The molecule has 0 amide bonds. The lowest BCUT2D eigenvalue weighted by Crippen LogP contribution is -2.35. The molecule has 0 atom stereocenters. The molecule has 0 aliphatic rings. The quantitative estimate of drug-likeness (QED) is 0.467. The van der Waals surface area contributed by atoms with Crippen LogP contribution < -0.4 is 0 Å². The molecule has 0 unspecified atom stereocenters. The number of carbonyl (C=O) groups excluding carboxylic acids is 2. The zero-order valence-corrected chi connectivity index (χ0v) is 11.5. The van der Waals surface area contributed by atoms with Gasteiger partial charge in [-0.3, -0.25) is 14.6 Å². The minimum absolute atomic E-state index is 0.241. The van der Waals surface area contributed by atoms with Gasteiger partial charge in [-0.2, -0.15) is 0 Å². The molecule has 18 heavy (non-hydrogen) atoms. The molecular weight excluding hydrogens is 230 g/mol. The third-order valence-corrected chi connectivity index (χ3v) is 2.70. The molecule has 0 bridgehead atoms. The smallest absolute Gasteiger partial charge is 0.319 e. The van der Waals surface area contributed by atoms with Crippen molar-refractivity contribution in [2.45, 2.75) is 34.6 Å². The van der Waals surface area contributed by atoms with Crippen LogP contribution in [0.2, 0.25) is 0 Å². The highest BCUT2D eigenvalue weighted by Crippen LogP contribution is 2.24. The molecule has 0 N–H and O–H groups in total. The van der Waals surface area contributed by atoms with Crippen LogP contribution in [0.25, 0.3) is 0 Å². The highest BCUT2D eigenvalue weighted by molar-refractivity contribution is 6.11. The van der Waals surface area contributed by atoms with Gasteiger partial charge >= 0.3 is 5.97 Å². The maximum Gasteiger partial charge on any atom is 0.319 e. The van der Waals surface area contributed by atoms with Crippen molar-refractivity contribution in [1.82, 2.24) is 4.98 Å². The zero-order chi connectivity index (χ0) is 13.9. The van der Waals surface area contributed by atoms with Crippen molar-refractivity contribution in [2.24, 2.45) is 5.41 Å². The molecule has 1 aromatic heterocycles. The number of aromatic nitrogens is 1. The Morgan fingerprint density at radius 3 is 2.17 bits per heavy atom. The Morgan fingerprint density at radius 2 is 1.72 bits per heavy atom.